The van der Waals surface area contributed by atoms with E-state index in [9.17, 15) is 0 Å². The van der Waals surface area contributed by atoms with Gasteiger partial charge in [0.1, 0.15) is 28.9 Å². The molecule has 0 radical (unpaired) electrons. The van der Waals surface area contributed by atoms with Crippen molar-refractivity contribution in [3.8, 4) is 11.5 Å². The number of ether oxygens (including phenoxy) is 2. The van der Waals surface area contributed by atoms with E-state index in [0.717, 1.165) is 58.9 Å². The van der Waals surface area contributed by atoms with Crippen LogP contribution in [0.5, 0.6) is 11.5 Å². The summed E-state index contributed by atoms with van der Waals surface area (Å²) in [4.78, 5) is 17.6. The van der Waals surface area contributed by atoms with Crippen molar-refractivity contribution < 1.29 is 9.47 Å². The molecule has 1 saturated heterocycles. The summed E-state index contributed by atoms with van der Waals surface area (Å²) in [5, 5.41) is 1.06. The Morgan fingerprint density at radius 3 is 2.61 bits per heavy atom. The van der Waals surface area contributed by atoms with Crippen LogP contribution in [0.25, 0.3) is 21.9 Å². The van der Waals surface area contributed by atoms with Crippen LogP contribution in [0.3, 0.4) is 0 Å². The molecule has 5 rings (SSSR count). The third-order valence-electron chi connectivity index (χ3n) is 5.98. The van der Waals surface area contributed by atoms with Gasteiger partial charge in [-0.3, -0.25) is 0 Å². The van der Waals surface area contributed by atoms with E-state index < -0.39 is 0 Å². The van der Waals surface area contributed by atoms with Gasteiger partial charge < -0.3 is 24.3 Å². The van der Waals surface area contributed by atoms with Crippen molar-refractivity contribution in [3.05, 3.63) is 48.8 Å². The molecule has 4 aromatic rings. The summed E-state index contributed by atoms with van der Waals surface area (Å²) in [6.07, 6.45) is 1.67. The Morgan fingerprint density at radius 2 is 1.87 bits per heavy atom. The van der Waals surface area contributed by atoms with Gasteiger partial charge in [0.2, 0.25) is 0 Å². The number of nitrogens with one attached hydrogen (secondary N) is 1. The first kappa shape index (κ1) is 19.5. The van der Waals surface area contributed by atoms with Crippen molar-refractivity contribution in [2.45, 2.75) is 19.9 Å². The van der Waals surface area contributed by atoms with Gasteiger partial charge in [0.25, 0.3) is 0 Å². The zero-order valence-electron chi connectivity index (χ0n) is 18.1. The maximum atomic E-state index is 5.68. The van der Waals surface area contributed by atoms with Crippen molar-refractivity contribution in [2.75, 3.05) is 43.2 Å². The lowest BCUT2D eigenvalue weighted by molar-refractivity contribution is 0.341. The van der Waals surface area contributed by atoms with Gasteiger partial charge in [-0.25, -0.2) is 9.97 Å². The van der Waals surface area contributed by atoms with Gasteiger partial charge in [-0.15, -0.1) is 0 Å². The average molecular weight is 418 g/mol. The fourth-order valence-electron chi connectivity index (χ4n) is 4.46. The minimum Gasteiger partial charge on any atom is -0.497 e. The lowest BCUT2D eigenvalue weighted by Gasteiger charge is -2.41. The predicted octanol–water partition coefficient (Wildman–Crippen LogP) is 4.23. The van der Waals surface area contributed by atoms with Crippen LogP contribution in [0.4, 0.5) is 11.5 Å². The van der Waals surface area contributed by atoms with E-state index >= 15 is 0 Å². The predicted molar refractivity (Wildman–Crippen MR) is 125 cm³/mol. The summed E-state index contributed by atoms with van der Waals surface area (Å²) in [7, 11) is 1.69. The zero-order chi connectivity index (χ0) is 21.4. The molecule has 0 aliphatic carbocycles. The number of aromatic amines is 1. The number of H-pyrrole nitrogens is 1. The van der Waals surface area contributed by atoms with E-state index in [0.29, 0.717) is 12.6 Å². The third-order valence-corrected chi connectivity index (χ3v) is 5.98. The van der Waals surface area contributed by atoms with Crippen molar-refractivity contribution in [1.29, 1.82) is 0 Å². The van der Waals surface area contributed by atoms with Gasteiger partial charge in [-0.2, -0.15) is 0 Å². The summed E-state index contributed by atoms with van der Waals surface area (Å²) >= 11 is 0. The number of nitrogens with zero attached hydrogens (tertiary/aromatic N) is 4. The van der Waals surface area contributed by atoms with Gasteiger partial charge in [0.15, 0.2) is 5.82 Å². The summed E-state index contributed by atoms with van der Waals surface area (Å²) in [5.41, 5.74) is 4.18. The van der Waals surface area contributed by atoms with E-state index in [4.69, 9.17) is 9.47 Å². The van der Waals surface area contributed by atoms with Crippen LogP contribution >= 0.6 is 0 Å². The molecule has 1 N–H and O–H groups in total. The van der Waals surface area contributed by atoms with Gasteiger partial charge in [-0.1, -0.05) is 0 Å². The van der Waals surface area contributed by atoms with E-state index in [1.54, 1.807) is 13.4 Å². The fourth-order valence-corrected chi connectivity index (χ4v) is 4.46. The number of hydrogen-bond acceptors (Lipinski definition) is 6. The summed E-state index contributed by atoms with van der Waals surface area (Å²) < 4.78 is 11.0. The molecule has 7 nitrogen and oxygen atoms in total. The molecule has 0 bridgehead atoms. The molecule has 1 unspecified atom stereocenters. The van der Waals surface area contributed by atoms with Gasteiger partial charge in [-0.05, 0) is 56.3 Å². The van der Waals surface area contributed by atoms with Crippen LogP contribution in [0, 0.1) is 0 Å². The molecule has 1 atom stereocenters. The van der Waals surface area contributed by atoms with Gasteiger partial charge in [0.05, 0.1) is 13.7 Å². The first-order valence-corrected chi connectivity index (χ1v) is 10.7. The lowest BCUT2D eigenvalue weighted by atomic mass is 10.1. The molecular weight excluding hydrogens is 390 g/mol. The largest absolute Gasteiger partial charge is 0.497 e. The molecule has 1 fully saturated rings. The molecule has 1 aliphatic rings. The maximum Gasteiger partial charge on any atom is 0.156 e. The molecule has 0 saturated carbocycles. The maximum absolute atomic E-state index is 5.68. The first-order chi connectivity index (χ1) is 15.2. The van der Waals surface area contributed by atoms with Crippen molar-refractivity contribution in [2.24, 2.45) is 0 Å². The fraction of sp³-hybridized carbons (Fsp3) is 0.333. The molecule has 2 aromatic heterocycles. The Morgan fingerprint density at radius 1 is 1.06 bits per heavy atom. The highest BCUT2D eigenvalue weighted by molar-refractivity contribution is 6.08. The number of anilines is 2. The van der Waals surface area contributed by atoms with Gasteiger partial charge in [0, 0.05) is 42.3 Å². The van der Waals surface area contributed by atoms with Crippen LogP contribution < -0.4 is 19.3 Å². The molecular formula is C24H27N5O2. The second kappa shape index (κ2) is 7.98. The Hall–Kier alpha value is -3.48. The van der Waals surface area contributed by atoms with E-state index in [-0.39, 0.29) is 0 Å². The highest BCUT2D eigenvalue weighted by Crippen LogP contribution is 2.33. The minimum atomic E-state index is 0.348. The third kappa shape index (κ3) is 3.50. The van der Waals surface area contributed by atoms with Crippen molar-refractivity contribution in [1.82, 2.24) is 15.0 Å². The van der Waals surface area contributed by atoms with E-state index in [1.807, 2.05) is 25.1 Å². The molecule has 31 heavy (non-hydrogen) atoms. The lowest BCUT2D eigenvalue weighted by Crippen LogP contribution is -2.52. The molecule has 160 valence electrons. The Balaban J connectivity index is 1.44. The second-order valence-corrected chi connectivity index (χ2v) is 7.87. The number of hydrogen-bond donors (Lipinski definition) is 1. The summed E-state index contributed by atoms with van der Waals surface area (Å²) in [6, 6.07) is 14.7. The highest BCUT2D eigenvalue weighted by atomic mass is 16.5. The topological polar surface area (TPSA) is 66.5 Å². The van der Waals surface area contributed by atoms with Crippen LogP contribution in [0.15, 0.2) is 48.8 Å². The van der Waals surface area contributed by atoms with E-state index in [1.165, 1.54) is 5.69 Å². The minimum absolute atomic E-state index is 0.348. The van der Waals surface area contributed by atoms with E-state index in [2.05, 4.69) is 55.9 Å². The molecule has 0 spiro atoms. The van der Waals surface area contributed by atoms with Gasteiger partial charge >= 0.3 is 0 Å². The van der Waals surface area contributed by atoms with Crippen LogP contribution in [-0.4, -0.2) is 54.3 Å². The summed E-state index contributed by atoms with van der Waals surface area (Å²) in [6.45, 7) is 7.60. The zero-order valence-corrected chi connectivity index (χ0v) is 18.1. The monoisotopic (exact) mass is 417 g/mol. The molecule has 0 amide bonds. The number of fused-ring (bicyclic) bond motifs is 3. The Kier molecular flexibility index (Phi) is 5.02. The van der Waals surface area contributed by atoms with Crippen LogP contribution in [-0.2, 0) is 0 Å². The van der Waals surface area contributed by atoms with Crippen LogP contribution in [0.1, 0.15) is 13.8 Å². The molecule has 2 aromatic carbocycles. The SMILES string of the molecule is CCOc1ccc2[nH]c3c(N4CCN(c5ccc(OC)cc5)C(C)C4)ncnc3c2c1. The normalized spacial score (nSPS) is 16.8. The standard InChI is InChI=1S/C24H27N5O2/c1-4-31-19-9-10-21-20(13-19)22-23(27-21)24(26-15-25-22)28-11-12-29(16(2)14-28)17-5-7-18(30-3)8-6-17/h5-10,13,15-16,27H,4,11-12,14H2,1-3H3. The van der Waals surface area contributed by atoms with Crippen molar-refractivity contribution >= 4 is 33.4 Å². The number of methoxy groups -OCH3 is 1. The summed E-state index contributed by atoms with van der Waals surface area (Å²) in [5.74, 6) is 2.70. The number of benzene rings is 2. The molecule has 1 aliphatic heterocycles. The number of rotatable bonds is 5. The number of piperazine rings is 1. The molecule has 3 heterocycles. The average Bonchev–Trinajstić information content (AvgIpc) is 3.17. The Bertz CT molecular complexity index is 1200. The highest BCUT2D eigenvalue weighted by Gasteiger charge is 2.26. The first-order valence-electron chi connectivity index (χ1n) is 10.7. The smallest absolute Gasteiger partial charge is 0.156 e. The quantitative estimate of drug-likeness (QED) is 0.524. The number of aromatic nitrogens is 3. The van der Waals surface area contributed by atoms with Crippen molar-refractivity contribution in [3.63, 3.8) is 0 Å². The molecule has 7 heteroatoms. The Labute approximate surface area is 181 Å². The van der Waals surface area contributed by atoms with Crippen LogP contribution in [0.2, 0.25) is 0 Å². The second-order valence-electron chi connectivity index (χ2n) is 7.87.